The topological polar surface area (TPSA) is 86.6 Å². The average molecular weight is 446 g/mol. The van der Waals surface area contributed by atoms with Gasteiger partial charge in [-0.1, -0.05) is 13.0 Å². The molecule has 32 heavy (non-hydrogen) atoms. The zero-order valence-corrected chi connectivity index (χ0v) is 17.9. The summed E-state index contributed by atoms with van der Waals surface area (Å²) in [6.45, 7) is 2.54. The van der Waals surface area contributed by atoms with Crippen molar-refractivity contribution in [1.29, 1.82) is 0 Å². The van der Waals surface area contributed by atoms with Gasteiger partial charge in [0.1, 0.15) is 22.9 Å². The van der Waals surface area contributed by atoms with Crippen LogP contribution in [0.5, 0.6) is 5.75 Å². The van der Waals surface area contributed by atoms with Crippen molar-refractivity contribution in [3.63, 3.8) is 0 Å². The molecule has 7 nitrogen and oxygen atoms in total. The van der Waals surface area contributed by atoms with Crippen LogP contribution in [0.3, 0.4) is 0 Å². The molecule has 2 aliphatic heterocycles. The van der Waals surface area contributed by atoms with Gasteiger partial charge in [-0.15, -0.1) is 0 Å². The maximum absolute atomic E-state index is 13.9. The van der Waals surface area contributed by atoms with E-state index < -0.39 is 28.4 Å². The number of Topliss-reactive ketones (excluding diaryl/α,β-unsaturated/α-hetero) is 1. The van der Waals surface area contributed by atoms with Gasteiger partial charge in [0.25, 0.3) is 5.91 Å². The van der Waals surface area contributed by atoms with Gasteiger partial charge in [0.2, 0.25) is 5.43 Å². The molecule has 170 valence electrons. The minimum absolute atomic E-state index is 0.0725. The number of halogens is 2. The van der Waals surface area contributed by atoms with Gasteiger partial charge in [-0.2, -0.15) is 0 Å². The third-order valence-electron chi connectivity index (χ3n) is 6.50. The second-order valence-corrected chi connectivity index (χ2v) is 8.13. The normalized spacial score (nSPS) is 22.1. The van der Waals surface area contributed by atoms with Crippen LogP contribution >= 0.6 is 0 Å². The molecule has 0 saturated carbocycles. The SMILES string of the molecule is CC[C@]12CCCO[C@@H]1Cn1cc(C(=O)NCc3ccc(F)cc3F)c(=O)c(OC)c1C2=O. The van der Waals surface area contributed by atoms with Crippen LogP contribution in [0.2, 0.25) is 0 Å². The van der Waals surface area contributed by atoms with Gasteiger partial charge in [0.05, 0.1) is 25.2 Å². The number of ether oxygens (including phenoxy) is 2. The molecule has 9 heteroatoms. The van der Waals surface area contributed by atoms with Crippen LogP contribution in [0.15, 0.2) is 29.2 Å². The molecule has 2 aromatic rings. The molecule has 2 atom stereocenters. The van der Waals surface area contributed by atoms with Crippen molar-refractivity contribution in [3.05, 3.63) is 63.1 Å². The number of aromatic nitrogens is 1. The monoisotopic (exact) mass is 446 g/mol. The highest BCUT2D eigenvalue weighted by Gasteiger charge is 2.52. The average Bonchev–Trinajstić information content (AvgIpc) is 2.78. The van der Waals surface area contributed by atoms with E-state index >= 15 is 0 Å². The second-order valence-electron chi connectivity index (χ2n) is 8.13. The summed E-state index contributed by atoms with van der Waals surface area (Å²) in [5.41, 5.74) is -1.46. The first kappa shape index (κ1) is 22.1. The molecule has 1 fully saturated rings. The Hall–Kier alpha value is -3.07. The highest BCUT2D eigenvalue weighted by Crippen LogP contribution is 2.45. The van der Waals surface area contributed by atoms with E-state index in [2.05, 4.69) is 5.32 Å². The summed E-state index contributed by atoms with van der Waals surface area (Å²) in [7, 11) is 1.28. The van der Waals surface area contributed by atoms with Crippen molar-refractivity contribution in [2.24, 2.45) is 5.41 Å². The first-order valence-corrected chi connectivity index (χ1v) is 10.5. The third kappa shape index (κ3) is 3.50. The van der Waals surface area contributed by atoms with Gasteiger partial charge in [-0.25, -0.2) is 8.78 Å². The Kier molecular flexibility index (Phi) is 5.85. The Labute approximate surface area is 183 Å². The van der Waals surface area contributed by atoms with E-state index in [0.29, 0.717) is 32.1 Å². The number of hydrogen-bond donors (Lipinski definition) is 1. The van der Waals surface area contributed by atoms with E-state index in [1.807, 2.05) is 6.92 Å². The number of fused-ring (bicyclic) bond motifs is 2. The molecule has 1 aromatic carbocycles. The highest BCUT2D eigenvalue weighted by atomic mass is 19.1. The zero-order valence-electron chi connectivity index (χ0n) is 17.9. The quantitative estimate of drug-likeness (QED) is 0.763. The van der Waals surface area contributed by atoms with Gasteiger partial charge in [0.15, 0.2) is 11.5 Å². The minimum Gasteiger partial charge on any atom is -0.491 e. The number of pyridine rings is 1. The molecule has 1 aromatic heterocycles. The predicted octanol–water partition coefficient (Wildman–Crippen LogP) is 2.84. The number of rotatable bonds is 5. The number of methoxy groups -OCH3 is 1. The largest absolute Gasteiger partial charge is 0.491 e. The number of carbonyl (C=O) groups excluding carboxylic acids is 2. The molecule has 1 saturated heterocycles. The molecule has 4 rings (SSSR count). The number of carbonyl (C=O) groups is 2. The fourth-order valence-corrected chi connectivity index (χ4v) is 4.70. The van der Waals surface area contributed by atoms with E-state index in [9.17, 15) is 23.2 Å². The lowest BCUT2D eigenvalue weighted by molar-refractivity contribution is -0.0827. The summed E-state index contributed by atoms with van der Waals surface area (Å²) in [6.07, 6.45) is 2.95. The Morgan fingerprint density at radius 2 is 2.12 bits per heavy atom. The summed E-state index contributed by atoms with van der Waals surface area (Å²) < 4.78 is 39.7. The zero-order chi connectivity index (χ0) is 23.0. The third-order valence-corrected chi connectivity index (χ3v) is 6.50. The molecule has 0 radical (unpaired) electrons. The van der Waals surface area contributed by atoms with Crippen LogP contribution < -0.4 is 15.5 Å². The van der Waals surface area contributed by atoms with Crippen LogP contribution in [0.1, 0.15) is 52.6 Å². The van der Waals surface area contributed by atoms with Crippen LogP contribution in [0.25, 0.3) is 0 Å². The number of nitrogens with one attached hydrogen (secondary N) is 1. The van der Waals surface area contributed by atoms with Crippen LogP contribution in [0, 0.1) is 17.0 Å². The summed E-state index contributed by atoms with van der Waals surface area (Å²) in [5.74, 6) is -2.69. The van der Waals surface area contributed by atoms with Gasteiger partial charge < -0.3 is 19.4 Å². The smallest absolute Gasteiger partial charge is 0.257 e. The molecule has 0 bridgehead atoms. The number of hydrogen-bond acceptors (Lipinski definition) is 5. The van der Waals surface area contributed by atoms with Crippen molar-refractivity contribution in [1.82, 2.24) is 9.88 Å². The number of benzene rings is 1. The second kappa shape index (κ2) is 8.46. The van der Waals surface area contributed by atoms with Crippen LogP contribution in [0.4, 0.5) is 8.78 Å². The van der Waals surface area contributed by atoms with E-state index in [4.69, 9.17) is 9.47 Å². The minimum atomic E-state index is -0.805. The van der Waals surface area contributed by atoms with E-state index in [1.165, 1.54) is 19.4 Å². The van der Waals surface area contributed by atoms with Crippen LogP contribution in [-0.2, 0) is 17.8 Å². The summed E-state index contributed by atoms with van der Waals surface area (Å²) in [5, 5.41) is 2.47. The van der Waals surface area contributed by atoms with Gasteiger partial charge in [0, 0.05) is 31.0 Å². The van der Waals surface area contributed by atoms with Crippen molar-refractivity contribution in [2.75, 3.05) is 13.7 Å². The molecular weight excluding hydrogens is 422 g/mol. The Bertz CT molecular complexity index is 1150. The lowest BCUT2D eigenvalue weighted by Crippen LogP contribution is -2.54. The van der Waals surface area contributed by atoms with Gasteiger partial charge in [-0.05, 0) is 25.3 Å². The first-order valence-electron chi connectivity index (χ1n) is 10.5. The maximum Gasteiger partial charge on any atom is 0.257 e. The van der Waals surface area contributed by atoms with Crippen molar-refractivity contribution >= 4 is 11.7 Å². The number of ketones is 1. The predicted molar refractivity (Wildman–Crippen MR) is 111 cm³/mol. The first-order chi connectivity index (χ1) is 15.3. The number of amides is 1. The Morgan fingerprint density at radius 3 is 2.81 bits per heavy atom. The van der Waals surface area contributed by atoms with Crippen molar-refractivity contribution in [3.8, 4) is 5.75 Å². The molecular formula is C23H24F2N2O5. The summed E-state index contributed by atoms with van der Waals surface area (Å²) in [6, 6.07) is 3.01. The molecule has 0 unspecified atom stereocenters. The van der Waals surface area contributed by atoms with Gasteiger partial charge in [-0.3, -0.25) is 14.4 Å². The van der Waals surface area contributed by atoms with E-state index in [0.717, 1.165) is 12.5 Å². The molecule has 1 N–H and O–H groups in total. The summed E-state index contributed by atoms with van der Waals surface area (Å²) in [4.78, 5) is 39.3. The van der Waals surface area contributed by atoms with Crippen molar-refractivity contribution in [2.45, 2.75) is 45.4 Å². The fourth-order valence-electron chi connectivity index (χ4n) is 4.70. The maximum atomic E-state index is 13.9. The van der Waals surface area contributed by atoms with E-state index in [1.54, 1.807) is 4.57 Å². The van der Waals surface area contributed by atoms with E-state index in [-0.39, 0.29) is 41.0 Å². The molecule has 2 aliphatic rings. The molecule has 0 spiro atoms. The van der Waals surface area contributed by atoms with Crippen molar-refractivity contribution < 1.29 is 27.8 Å². The Morgan fingerprint density at radius 1 is 1.34 bits per heavy atom. The molecule has 1 amide bonds. The highest BCUT2D eigenvalue weighted by molar-refractivity contribution is 6.04. The molecule has 3 heterocycles. The standard InChI is InChI=1S/C23H24F2N2O5/c1-3-23-7-4-8-32-17(23)12-27-11-15(19(28)20(31-2)18(27)21(23)29)22(30)26-10-13-5-6-14(24)9-16(13)25/h5-6,9,11,17H,3-4,7-8,10,12H2,1-2H3,(H,26,30)/t17-,23+/m1/s1. The lowest BCUT2D eigenvalue weighted by Gasteiger charge is -2.46. The summed E-state index contributed by atoms with van der Waals surface area (Å²) >= 11 is 0. The Balaban J connectivity index is 1.69. The number of nitrogens with zero attached hydrogens (tertiary/aromatic N) is 1. The lowest BCUT2D eigenvalue weighted by atomic mass is 9.68. The molecule has 0 aliphatic carbocycles. The fraction of sp³-hybridized carbons (Fsp3) is 0.435. The van der Waals surface area contributed by atoms with Crippen LogP contribution in [-0.4, -0.2) is 36.1 Å². The van der Waals surface area contributed by atoms with Gasteiger partial charge >= 0.3 is 0 Å².